The number of nitrogens with two attached hydrogens (primary N) is 1. The number of benzene rings is 1. The van der Waals surface area contributed by atoms with E-state index in [-0.39, 0.29) is 5.91 Å². The van der Waals surface area contributed by atoms with Gasteiger partial charge in [-0.3, -0.25) is 4.79 Å². The predicted octanol–water partition coefficient (Wildman–Crippen LogP) is 1.65. The maximum absolute atomic E-state index is 10.7. The molecule has 0 aliphatic heterocycles. The summed E-state index contributed by atoms with van der Waals surface area (Å²) >= 11 is 1.57. The van der Waals surface area contributed by atoms with Gasteiger partial charge in [0.2, 0.25) is 5.91 Å². The number of anilines is 1. The zero-order chi connectivity index (χ0) is 9.68. The van der Waals surface area contributed by atoms with Crippen LogP contribution in [0.25, 0.3) is 0 Å². The Morgan fingerprint density at radius 2 is 2.08 bits per heavy atom. The van der Waals surface area contributed by atoms with Crippen LogP contribution in [0.4, 0.5) is 5.69 Å². The summed E-state index contributed by atoms with van der Waals surface area (Å²) < 4.78 is 0. The van der Waals surface area contributed by atoms with Crippen LogP contribution in [0.2, 0.25) is 0 Å². The van der Waals surface area contributed by atoms with Crippen LogP contribution in [-0.2, 0) is 4.79 Å². The van der Waals surface area contributed by atoms with Crippen molar-refractivity contribution in [1.82, 2.24) is 0 Å². The molecule has 1 amide bonds. The Hall–Kier alpha value is -1.00. The molecule has 0 aliphatic rings. The highest BCUT2D eigenvalue weighted by Crippen LogP contribution is 2.18. The largest absolute Gasteiger partial charge is 0.326 e. The number of nitrogens with one attached hydrogen (secondary N) is 1. The molecule has 0 fully saturated rings. The molecule has 1 aromatic carbocycles. The topological polar surface area (TPSA) is 55.1 Å². The number of carbonyl (C=O) groups is 1. The lowest BCUT2D eigenvalue weighted by molar-refractivity contribution is -0.114. The number of thioether (sulfide) groups is 1. The van der Waals surface area contributed by atoms with Gasteiger partial charge in [-0.05, 0) is 24.3 Å². The quantitative estimate of drug-likeness (QED) is 0.571. The molecule has 0 aromatic heterocycles. The smallest absolute Gasteiger partial charge is 0.221 e. The average Bonchev–Trinajstić information content (AvgIpc) is 2.08. The maximum atomic E-state index is 10.7. The van der Waals surface area contributed by atoms with E-state index in [0.717, 1.165) is 10.6 Å². The fourth-order valence-corrected chi connectivity index (χ4v) is 1.45. The Morgan fingerprint density at radius 1 is 1.46 bits per heavy atom. The lowest BCUT2D eigenvalue weighted by atomic mass is 10.3. The molecule has 0 saturated carbocycles. The second-order valence-corrected chi connectivity index (χ2v) is 3.61. The van der Waals surface area contributed by atoms with E-state index in [9.17, 15) is 4.79 Å². The lowest BCUT2D eigenvalue weighted by Gasteiger charge is -2.02. The van der Waals surface area contributed by atoms with Crippen molar-refractivity contribution in [2.24, 2.45) is 5.73 Å². The molecule has 3 nitrogen and oxygen atoms in total. The first-order valence-electron chi connectivity index (χ1n) is 3.93. The third-order valence-corrected chi connectivity index (χ3v) is 2.20. The molecule has 1 rings (SSSR count). The number of rotatable bonds is 3. The molecular weight excluding hydrogens is 184 g/mol. The van der Waals surface area contributed by atoms with Gasteiger partial charge in [-0.15, -0.1) is 11.8 Å². The standard InChI is InChI=1S/C9H12N2OS/c1-7(12)11-8-2-4-9(5-3-8)13-6-10/h2-5H,6,10H2,1H3,(H,11,12). The second-order valence-electron chi connectivity index (χ2n) is 2.52. The molecule has 70 valence electrons. The van der Waals surface area contributed by atoms with E-state index < -0.39 is 0 Å². The Morgan fingerprint density at radius 3 is 2.54 bits per heavy atom. The molecule has 0 radical (unpaired) electrons. The van der Waals surface area contributed by atoms with Crippen molar-refractivity contribution in [2.45, 2.75) is 11.8 Å². The van der Waals surface area contributed by atoms with Gasteiger partial charge < -0.3 is 11.1 Å². The van der Waals surface area contributed by atoms with Crippen molar-refractivity contribution in [3.05, 3.63) is 24.3 Å². The maximum Gasteiger partial charge on any atom is 0.221 e. The summed E-state index contributed by atoms with van der Waals surface area (Å²) in [6, 6.07) is 7.59. The van der Waals surface area contributed by atoms with Crippen LogP contribution in [0.3, 0.4) is 0 Å². The zero-order valence-electron chi connectivity index (χ0n) is 7.41. The van der Waals surface area contributed by atoms with Crippen LogP contribution >= 0.6 is 11.8 Å². The summed E-state index contributed by atoms with van der Waals surface area (Å²) in [7, 11) is 0. The fraction of sp³-hybridized carbons (Fsp3) is 0.222. The van der Waals surface area contributed by atoms with Gasteiger partial charge in [0.15, 0.2) is 0 Å². The monoisotopic (exact) mass is 196 g/mol. The average molecular weight is 196 g/mol. The lowest BCUT2D eigenvalue weighted by Crippen LogP contribution is -2.05. The van der Waals surface area contributed by atoms with Gasteiger partial charge >= 0.3 is 0 Å². The normalized spacial score (nSPS) is 9.69. The molecule has 0 saturated heterocycles. The second kappa shape index (κ2) is 4.89. The number of hydrogen-bond donors (Lipinski definition) is 2. The van der Waals surface area contributed by atoms with Crippen molar-refractivity contribution < 1.29 is 4.79 Å². The van der Waals surface area contributed by atoms with Crippen LogP contribution in [0, 0.1) is 0 Å². The van der Waals surface area contributed by atoms with Crippen molar-refractivity contribution in [3.8, 4) is 0 Å². The summed E-state index contributed by atoms with van der Waals surface area (Å²) in [4.78, 5) is 11.8. The van der Waals surface area contributed by atoms with Crippen LogP contribution < -0.4 is 11.1 Å². The molecule has 0 spiro atoms. The highest BCUT2D eigenvalue weighted by Gasteiger charge is 1.95. The van der Waals surface area contributed by atoms with Crippen LogP contribution in [0.15, 0.2) is 29.2 Å². The number of carbonyl (C=O) groups excluding carboxylic acids is 1. The molecule has 0 heterocycles. The first kappa shape index (κ1) is 10.1. The molecule has 0 atom stereocenters. The van der Waals surface area contributed by atoms with Gasteiger partial charge in [0, 0.05) is 23.4 Å². The minimum absolute atomic E-state index is 0.0563. The molecule has 0 bridgehead atoms. The van der Waals surface area contributed by atoms with E-state index >= 15 is 0 Å². The Balaban J connectivity index is 2.64. The Kier molecular flexibility index (Phi) is 3.79. The minimum atomic E-state index is -0.0563. The third-order valence-electron chi connectivity index (χ3n) is 1.42. The van der Waals surface area contributed by atoms with Gasteiger partial charge in [-0.25, -0.2) is 0 Å². The number of amides is 1. The highest BCUT2D eigenvalue weighted by molar-refractivity contribution is 7.99. The van der Waals surface area contributed by atoms with E-state index in [2.05, 4.69) is 5.32 Å². The van der Waals surface area contributed by atoms with Gasteiger partial charge in [-0.2, -0.15) is 0 Å². The Bertz CT molecular complexity index is 284. The fourth-order valence-electron chi connectivity index (χ4n) is 0.934. The van der Waals surface area contributed by atoms with E-state index in [0.29, 0.717) is 5.88 Å². The number of hydrogen-bond acceptors (Lipinski definition) is 3. The van der Waals surface area contributed by atoms with Crippen molar-refractivity contribution in [2.75, 3.05) is 11.2 Å². The van der Waals surface area contributed by atoms with Crippen LogP contribution in [0.1, 0.15) is 6.92 Å². The van der Waals surface area contributed by atoms with E-state index in [1.807, 2.05) is 24.3 Å². The summed E-state index contributed by atoms with van der Waals surface area (Å²) in [5.74, 6) is 0.513. The highest BCUT2D eigenvalue weighted by atomic mass is 32.2. The molecule has 13 heavy (non-hydrogen) atoms. The van der Waals surface area contributed by atoms with Gasteiger partial charge in [0.05, 0.1) is 0 Å². The van der Waals surface area contributed by atoms with E-state index in [4.69, 9.17) is 5.73 Å². The molecule has 4 heteroatoms. The summed E-state index contributed by atoms with van der Waals surface area (Å²) in [6.45, 7) is 1.49. The summed E-state index contributed by atoms with van der Waals surface area (Å²) in [6.07, 6.45) is 0. The van der Waals surface area contributed by atoms with Crippen molar-refractivity contribution >= 4 is 23.4 Å². The molecule has 3 N–H and O–H groups in total. The molecule has 0 unspecified atom stereocenters. The van der Waals surface area contributed by atoms with E-state index in [1.165, 1.54) is 6.92 Å². The minimum Gasteiger partial charge on any atom is -0.326 e. The van der Waals surface area contributed by atoms with Crippen LogP contribution in [0.5, 0.6) is 0 Å². The molecule has 1 aromatic rings. The van der Waals surface area contributed by atoms with Gasteiger partial charge in [0.1, 0.15) is 0 Å². The van der Waals surface area contributed by atoms with Gasteiger partial charge in [-0.1, -0.05) is 0 Å². The summed E-state index contributed by atoms with van der Waals surface area (Å²) in [5, 5.41) is 2.69. The summed E-state index contributed by atoms with van der Waals surface area (Å²) in [5.41, 5.74) is 6.19. The van der Waals surface area contributed by atoms with Crippen molar-refractivity contribution in [3.63, 3.8) is 0 Å². The predicted molar refractivity (Wildman–Crippen MR) is 55.7 cm³/mol. The van der Waals surface area contributed by atoms with Crippen LogP contribution in [-0.4, -0.2) is 11.8 Å². The molecular formula is C9H12N2OS. The third kappa shape index (κ3) is 3.48. The SMILES string of the molecule is CC(=O)Nc1ccc(SCN)cc1. The Labute approximate surface area is 81.7 Å². The van der Waals surface area contributed by atoms with Gasteiger partial charge in [0.25, 0.3) is 0 Å². The van der Waals surface area contributed by atoms with E-state index in [1.54, 1.807) is 11.8 Å². The zero-order valence-corrected chi connectivity index (χ0v) is 8.23. The first-order chi connectivity index (χ1) is 6.22. The first-order valence-corrected chi connectivity index (χ1v) is 4.91. The molecule has 0 aliphatic carbocycles. The van der Waals surface area contributed by atoms with Crippen molar-refractivity contribution in [1.29, 1.82) is 0 Å².